The zero-order valence-corrected chi connectivity index (χ0v) is 10.4. The molecule has 1 aliphatic heterocycles. The van der Waals surface area contributed by atoms with Gasteiger partial charge >= 0.3 is 0 Å². The molecule has 2 heterocycles. The van der Waals surface area contributed by atoms with Crippen LogP contribution in [0.15, 0.2) is 36.1 Å². The third kappa shape index (κ3) is 2.24. The van der Waals surface area contributed by atoms with Gasteiger partial charge in [-0.1, -0.05) is 12.1 Å². The maximum absolute atomic E-state index is 5.91. The van der Waals surface area contributed by atoms with Crippen molar-refractivity contribution in [2.24, 2.45) is 0 Å². The van der Waals surface area contributed by atoms with Crippen LogP contribution < -0.4 is 5.32 Å². The first-order valence-electron chi connectivity index (χ1n) is 5.81. The molecule has 2 aromatic rings. The van der Waals surface area contributed by atoms with Gasteiger partial charge in [0.05, 0.1) is 18.7 Å². The lowest BCUT2D eigenvalue weighted by molar-refractivity contribution is 0.243. The minimum atomic E-state index is 0.248. The summed E-state index contributed by atoms with van der Waals surface area (Å²) in [4.78, 5) is 8.41. The van der Waals surface area contributed by atoms with Crippen LogP contribution in [-0.2, 0) is 4.74 Å². The Bertz CT molecular complexity index is 612. The van der Waals surface area contributed by atoms with Crippen LogP contribution in [0.25, 0.3) is 10.9 Å². The Labute approximate surface area is 110 Å². The smallest absolute Gasteiger partial charge is 0.224 e. The van der Waals surface area contributed by atoms with E-state index in [0.29, 0.717) is 6.54 Å². The van der Waals surface area contributed by atoms with E-state index in [1.807, 2.05) is 24.3 Å². The molecule has 3 rings (SSSR count). The minimum absolute atomic E-state index is 0.248. The molecule has 0 spiro atoms. The number of hydrogen-bond donors (Lipinski definition) is 1. The summed E-state index contributed by atoms with van der Waals surface area (Å²) in [5, 5.41) is 4.45. The Morgan fingerprint density at radius 1 is 1.28 bits per heavy atom. The predicted octanol–water partition coefficient (Wildman–Crippen LogP) is 3.00. The topological polar surface area (TPSA) is 47.0 Å². The zero-order chi connectivity index (χ0) is 12.4. The van der Waals surface area contributed by atoms with Gasteiger partial charge in [-0.05, 0) is 29.8 Å². The molecule has 4 nitrogen and oxygen atoms in total. The fourth-order valence-electron chi connectivity index (χ4n) is 1.95. The number of nitrogens with one attached hydrogen (secondary N) is 1. The number of hydrogen-bond acceptors (Lipinski definition) is 4. The summed E-state index contributed by atoms with van der Waals surface area (Å²) in [5.74, 6) is 1.69. The molecule has 92 valence electrons. The van der Waals surface area contributed by atoms with E-state index in [-0.39, 0.29) is 5.28 Å². The standard InChI is InChI=1S/C13H12ClN3O/c14-13-16-11-6-2-1-5-10(11)12(17-13)15-8-9-4-3-7-18-9/h1-2,4-6H,3,7-8H2,(H,15,16,17). The molecular weight excluding hydrogens is 250 g/mol. The van der Waals surface area contributed by atoms with Gasteiger partial charge in [-0.2, -0.15) is 0 Å². The van der Waals surface area contributed by atoms with Crippen molar-refractivity contribution in [3.63, 3.8) is 0 Å². The fourth-order valence-corrected chi connectivity index (χ4v) is 2.12. The first-order chi connectivity index (χ1) is 8.83. The second-order valence-electron chi connectivity index (χ2n) is 4.02. The molecule has 0 aliphatic carbocycles. The van der Waals surface area contributed by atoms with Crippen molar-refractivity contribution in [2.45, 2.75) is 6.42 Å². The van der Waals surface area contributed by atoms with Crippen molar-refractivity contribution in [3.05, 3.63) is 41.4 Å². The Hall–Kier alpha value is -1.81. The van der Waals surface area contributed by atoms with E-state index in [0.717, 1.165) is 35.5 Å². The normalized spacial score (nSPS) is 14.4. The number of nitrogens with zero attached hydrogens (tertiary/aromatic N) is 2. The van der Waals surface area contributed by atoms with Gasteiger partial charge in [0.2, 0.25) is 5.28 Å². The lowest BCUT2D eigenvalue weighted by atomic mass is 10.2. The van der Waals surface area contributed by atoms with E-state index < -0.39 is 0 Å². The van der Waals surface area contributed by atoms with Crippen LogP contribution in [0.5, 0.6) is 0 Å². The van der Waals surface area contributed by atoms with Crippen LogP contribution in [0.2, 0.25) is 5.28 Å². The van der Waals surface area contributed by atoms with E-state index in [4.69, 9.17) is 16.3 Å². The molecule has 0 atom stereocenters. The van der Waals surface area contributed by atoms with Crippen LogP contribution >= 0.6 is 11.6 Å². The van der Waals surface area contributed by atoms with E-state index in [1.165, 1.54) is 0 Å². The highest BCUT2D eigenvalue weighted by Crippen LogP contribution is 2.22. The molecule has 5 heteroatoms. The fraction of sp³-hybridized carbons (Fsp3) is 0.231. The molecule has 18 heavy (non-hydrogen) atoms. The van der Waals surface area contributed by atoms with Crippen molar-refractivity contribution < 1.29 is 4.74 Å². The number of anilines is 1. The van der Waals surface area contributed by atoms with Gasteiger partial charge in [0.15, 0.2) is 0 Å². The van der Waals surface area contributed by atoms with Crippen LogP contribution in [0.3, 0.4) is 0 Å². The lowest BCUT2D eigenvalue weighted by Gasteiger charge is -2.09. The second kappa shape index (κ2) is 4.82. The van der Waals surface area contributed by atoms with Gasteiger partial charge in [-0.25, -0.2) is 9.97 Å². The van der Waals surface area contributed by atoms with Crippen LogP contribution in [0.1, 0.15) is 6.42 Å². The summed E-state index contributed by atoms with van der Waals surface area (Å²) in [6.07, 6.45) is 3.06. The molecule has 0 radical (unpaired) electrons. The van der Waals surface area contributed by atoms with Gasteiger partial charge in [0.1, 0.15) is 11.6 Å². The van der Waals surface area contributed by atoms with Crippen LogP contribution in [-0.4, -0.2) is 23.1 Å². The van der Waals surface area contributed by atoms with E-state index in [2.05, 4.69) is 21.4 Å². The first-order valence-corrected chi connectivity index (χ1v) is 6.19. The summed E-state index contributed by atoms with van der Waals surface area (Å²) in [5.41, 5.74) is 0.835. The third-order valence-corrected chi connectivity index (χ3v) is 2.95. The molecule has 0 amide bonds. The largest absolute Gasteiger partial charge is 0.496 e. The molecule has 1 aromatic carbocycles. The number of benzene rings is 1. The minimum Gasteiger partial charge on any atom is -0.496 e. The number of halogens is 1. The molecular formula is C13H12ClN3O. The molecule has 1 aliphatic rings. The number of rotatable bonds is 3. The summed E-state index contributed by atoms with van der Waals surface area (Å²) in [6.45, 7) is 1.39. The Kier molecular flexibility index (Phi) is 3.02. The van der Waals surface area contributed by atoms with E-state index in [9.17, 15) is 0 Å². The van der Waals surface area contributed by atoms with Gasteiger partial charge in [0, 0.05) is 11.8 Å². The number of ether oxygens (including phenoxy) is 1. The highest BCUT2D eigenvalue weighted by molar-refractivity contribution is 6.28. The summed E-state index contributed by atoms with van der Waals surface area (Å²) in [6, 6.07) is 7.77. The first kappa shape index (κ1) is 11.3. The quantitative estimate of drug-likeness (QED) is 0.863. The molecule has 0 saturated carbocycles. The number of fused-ring (bicyclic) bond motifs is 1. The third-order valence-electron chi connectivity index (χ3n) is 2.78. The van der Waals surface area contributed by atoms with Crippen LogP contribution in [0, 0.1) is 0 Å². The number of aromatic nitrogens is 2. The van der Waals surface area contributed by atoms with E-state index >= 15 is 0 Å². The summed E-state index contributed by atoms with van der Waals surface area (Å²) >= 11 is 5.91. The molecule has 0 bridgehead atoms. The van der Waals surface area contributed by atoms with Gasteiger partial charge in [-0.15, -0.1) is 0 Å². The summed E-state index contributed by atoms with van der Waals surface area (Å²) < 4.78 is 5.44. The lowest BCUT2D eigenvalue weighted by Crippen LogP contribution is -2.07. The molecule has 0 fully saturated rings. The van der Waals surface area contributed by atoms with Crippen molar-refractivity contribution in [2.75, 3.05) is 18.5 Å². The number of para-hydroxylation sites is 1. The van der Waals surface area contributed by atoms with Crippen molar-refractivity contribution in [1.29, 1.82) is 0 Å². The van der Waals surface area contributed by atoms with Crippen molar-refractivity contribution in [3.8, 4) is 0 Å². The molecule has 0 unspecified atom stereocenters. The van der Waals surface area contributed by atoms with Crippen molar-refractivity contribution in [1.82, 2.24) is 9.97 Å². The predicted molar refractivity (Wildman–Crippen MR) is 71.7 cm³/mol. The monoisotopic (exact) mass is 261 g/mol. The maximum Gasteiger partial charge on any atom is 0.224 e. The van der Waals surface area contributed by atoms with Crippen molar-refractivity contribution >= 4 is 28.3 Å². The molecule has 1 N–H and O–H groups in total. The Morgan fingerprint density at radius 3 is 3.00 bits per heavy atom. The Morgan fingerprint density at radius 2 is 2.17 bits per heavy atom. The second-order valence-corrected chi connectivity index (χ2v) is 4.36. The summed E-state index contributed by atoms with van der Waals surface area (Å²) in [7, 11) is 0. The molecule has 0 saturated heterocycles. The Balaban J connectivity index is 1.90. The van der Waals surface area contributed by atoms with Gasteiger partial charge < -0.3 is 10.1 Å². The van der Waals surface area contributed by atoms with Gasteiger partial charge in [-0.3, -0.25) is 0 Å². The highest BCUT2D eigenvalue weighted by Gasteiger charge is 2.09. The maximum atomic E-state index is 5.91. The highest BCUT2D eigenvalue weighted by atomic mass is 35.5. The SMILES string of the molecule is Clc1nc(NCC2=CCCO2)c2ccccc2n1. The zero-order valence-electron chi connectivity index (χ0n) is 9.69. The average Bonchev–Trinajstić information content (AvgIpc) is 2.89. The molecule has 1 aromatic heterocycles. The van der Waals surface area contributed by atoms with Gasteiger partial charge in [0.25, 0.3) is 0 Å². The average molecular weight is 262 g/mol. The van der Waals surface area contributed by atoms with Crippen LogP contribution in [0.4, 0.5) is 5.82 Å². The van der Waals surface area contributed by atoms with E-state index in [1.54, 1.807) is 0 Å².